The van der Waals surface area contributed by atoms with Gasteiger partial charge in [-0.2, -0.15) is 0 Å². The number of aromatic nitrogens is 2. The summed E-state index contributed by atoms with van der Waals surface area (Å²) in [4.78, 5) is 14.2. The van der Waals surface area contributed by atoms with E-state index in [1.165, 1.54) is 11.3 Å². The largest absolute Gasteiger partial charge is 0.378 e. The minimum absolute atomic E-state index is 0.142. The summed E-state index contributed by atoms with van der Waals surface area (Å²) >= 11 is 7.49. The topological polar surface area (TPSA) is 49.8 Å². The summed E-state index contributed by atoms with van der Waals surface area (Å²) in [5.74, 6) is 0. The molecule has 1 atom stereocenters. The Morgan fingerprint density at radius 3 is 2.67 bits per heavy atom. The Morgan fingerprint density at radius 1 is 1.33 bits per heavy atom. The first-order valence-electron chi connectivity index (χ1n) is 6.50. The molecule has 6 heteroatoms. The first-order chi connectivity index (χ1) is 10.1. The van der Waals surface area contributed by atoms with Crippen LogP contribution in [-0.2, 0) is 0 Å². The molecule has 3 rings (SSSR count). The summed E-state index contributed by atoms with van der Waals surface area (Å²) in [5.41, 5.74) is 2.85. The number of rotatable bonds is 4. The first kappa shape index (κ1) is 14.0. The van der Waals surface area contributed by atoms with Crippen LogP contribution in [0.25, 0.3) is 5.69 Å². The van der Waals surface area contributed by atoms with E-state index in [1.807, 2.05) is 35.7 Å². The minimum Gasteiger partial charge on any atom is -0.378 e. The van der Waals surface area contributed by atoms with Crippen molar-refractivity contribution in [2.45, 2.75) is 13.0 Å². The molecule has 0 bridgehead atoms. The van der Waals surface area contributed by atoms with Crippen LogP contribution < -0.4 is 11.0 Å². The van der Waals surface area contributed by atoms with E-state index in [0.29, 0.717) is 0 Å². The molecule has 1 aromatic carbocycles. The van der Waals surface area contributed by atoms with Gasteiger partial charge in [0.05, 0.1) is 10.0 Å². The van der Waals surface area contributed by atoms with Crippen LogP contribution in [0.2, 0.25) is 4.34 Å². The highest BCUT2D eigenvalue weighted by atomic mass is 35.5. The van der Waals surface area contributed by atoms with Gasteiger partial charge in [0.25, 0.3) is 0 Å². The van der Waals surface area contributed by atoms with Crippen LogP contribution in [-0.4, -0.2) is 9.55 Å². The van der Waals surface area contributed by atoms with Crippen LogP contribution >= 0.6 is 22.9 Å². The Hall–Kier alpha value is -1.98. The van der Waals surface area contributed by atoms with E-state index in [0.717, 1.165) is 21.3 Å². The van der Waals surface area contributed by atoms with Gasteiger partial charge in [-0.3, -0.25) is 4.57 Å². The predicted octanol–water partition coefficient (Wildman–Crippen LogP) is 4.05. The van der Waals surface area contributed by atoms with Crippen molar-refractivity contribution in [1.29, 1.82) is 0 Å². The fourth-order valence-electron chi connectivity index (χ4n) is 2.13. The SMILES string of the molecule is CC(Nc1ccc(-n2cc[nH]c2=O)cc1)c1csc(Cl)c1. The zero-order valence-corrected chi connectivity index (χ0v) is 12.9. The molecule has 0 spiro atoms. The molecule has 0 radical (unpaired) electrons. The van der Waals surface area contributed by atoms with Gasteiger partial charge < -0.3 is 10.3 Å². The van der Waals surface area contributed by atoms with Gasteiger partial charge >= 0.3 is 5.69 Å². The van der Waals surface area contributed by atoms with Crippen LogP contribution in [0.5, 0.6) is 0 Å². The van der Waals surface area contributed by atoms with Gasteiger partial charge in [-0.05, 0) is 48.2 Å². The summed E-state index contributed by atoms with van der Waals surface area (Å²) < 4.78 is 2.35. The van der Waals surface area contributed by atoms with Gasteiger partial charge in [0.2, 0.25) is 0 Å². The third-order valence-electron chi connectivity index (χ3n) is 3.27. The fraction of sp³-hybridized carbons (Fsp3) is 0.133. The molecule has 1 unspecified atom stereocenters. The third-order valence-corrected chi connectivity index (χ3v) is 4.38. The zero-order chi connectivity index (χ0) is 14.8. The monoisotopic (exact) mass is 319 g/mol. The average molecular weight is 320 g/mol. The maximum absolute atomic E-state index is 11.6. The highest BCUT2D eigenvalue weighted by molar-refractivity contribution is 7.14. The normalized spacial score (nSPS) is 12.3. The number of nitrogens with zero attached hydrogens (tertiary/aromatic N) is 1. The summed E-state index contributed by atoms with van der Waals surface area (Å²) in [7, 11) is 0. The zero-order valence-electron chi connectivity index (χ0n) is 11.3. The van der Waals surface area contributed by atoms with Crippen LogP contribution in [0.3, 0.4) is 0 Å². The maximum Gasteiger partial charge on any atom is 0.330 e. The Labute approximate surface area is 131 Å². The molecule has 3 aromatic rings. The van der Waals surface area contributed by atoms with Crippen molar-refractivity contribution in [3.05, 3.63) is 68.5 Å². The molecule has 21 heavy (non-hydrogen) atoms. The van der Waals surface area contributed by atoms with Crippen molar-refractivity contribution in [3.63, 3.8) is 0 Å². The summed E-state index contributed by atoms with van der Waals surface area (Å²) in [6, 6.07) is 9.88. The van der Waals surface area contributed by atoms with Crippen LogP contribution in [0, 0.1) is 0 Å². The molecule has 0 saturated carbocycles. The molecule has 0 aliphatic carbocycles. The lowest BCUT2D eigenvalue weighted by atomic mass is 10.1. The molecule has 0 saturated heterocycles. The standard InChI is InChI=1S/C15H14ClN3OS/c1-10(11-8-14(16)21-9-11)18-12-2-4-13(5-3-12)19-7-6-17-15(19)20/h2-10,18H,1H3,(H,17,20). The number of benzene rings is 1. The van der Waals surface area contributed by atoms with Gasteiger partial charge in [-0.1, -0.05) is 11.6 Å². The quantitative estimate of drug-likeness (QED) is 0.762. The van der Waals surface area contributed by atoms with Crippen molar-refractivity contribution >= 4 is 28.6 Å². The van der Waals surface area contributed by atoms with Gasteiger partial charge in [-0.15, -0.1) is 11.3 Å². The lowest BCUT2D eigenvalue weighted by Crippen LogP contribution is -2.14. The van der Waals surface area contributed by atoms with E-state index in [9.17, 15) is 4.79 Å². The number of aromatic amines is 1. The van der Waals surface area contributed by atoms with E-state index in [-0.39, 0.29) is 11.7 Å². The molecule has 0 aliphatic rings. The minimum atomic E-state index is -0.142. The summed E-state index contributed by atoms with van der Waals surface area (Å²) in [6.07, 6.45) is 3.33. The Kier molecular flexibility index (Phi) is 3.86. The van der Waals surface area contributed by atoms with Gasteiger partial charge in [0, 0.05) is 24.1 Å². The van der Waals surface area contributed by atoms with Crippen LogP contribution in [0.15, 0.2) is 52.9 Å². The number of hydrogen-bond acceptors (Lipinski definition) is 3. The lowest BCUT2D eigenvalue weighted by molar-refractivity contribution is 0.890. The number of thiophene rings is 1. The molecular weight excluding hydrogens is 306 g/mol. The van der Waals surface area contributed by atoms with Crippen LogP contribution in [0.4, 0.5) is 5.69 Å². The van der Waals surface area contributed by atoms with Crippen molar-refractivity contribution < 1.29 is 0 Å². The average Bonchev–Trinajstić information content (AvgIpc) is 3.08. The number of H-pyrrole nitrogens is 1. The number of anilines is 1. The molecule has 108 valence electrons. The Balaban J connectivity index is 1.76. The maximum atomic E-state index is 11.6. The molecule has 2 N–H and O–H groups in total. The van der Waals surface area contributed by atoms with Gasteiger partial charge in [-0.25, -0.2) is 4.79 Å². The van der Waals surface area contributed by atoms with E-state index >= 15 is 0 Å². The molecular formula is C15H14ClN3OS. The van der Waals surface area contributed by atoms with E-state index < -0.39 is 0 Å². The predicted molar refractivity (Wildman–Crippen MR) is 87.8 cm³/mol. The molecule has 2 aromatic heterocycles. The smallest absolute Gasteiger partial charge is 0.330 e. The van der Waals surface area contributed by atoms with Crippen molar-refractivity contribution in [3.8, 4) is 5.69 Å². The number of imidazole rings is 1. The lowest BCUT2D eigenvalue weighted by Gasteiger charge is -2.14. The van der Waals surface area contributed by atoms with E-state index in [4.69, 9.17) is 11.6 Å². The number of halogens is 1. The second kappa shape index (κ2) is 5.79. The highest BCUT2D eigenvalue weighted by Gasteiger charge is 2.08. The number of hydrogen-bond donors (Lipinski definition) is 2. The third kappa shape index (κ3) is 3.04. The molecule has 0 amide bonds. The first-order valence-corrected chi connectivity index (χ1v) is 7.76. The van der Waals surface area contributed by atoms with Crippen LogP contribution in [0.1, 0.15) is 18.5 Å². The van der Waals surface area contributed by atoms with Gasteiger partial charge in [0.15, 0.2) is 0 Å². The molecule has 4 nitrogen and oxygen atoms in total. The molecule has 0 aliphatic heterocycles. The highest BCUT2D eigenvalue weighted by Crippen LogP contribution is 2.27. The molecule has 2 heterocycles. The molecule has 0 fully saturated rings. The van der Waals surface area contributed by atoms with E-state index in [1.54, 1.807) is 17.0 Å². The van der Waals surface area contributed by atoms with Crippen molar-refractivity contribution in [2.24, 2.45) is 0 Å². The van der Waals surface area contributed by atoms with Gasteiger partial charge in [0.1, 0.15) is 0 Å². The Morgan fingerprint density at radius 2 is 2.10 bits per heavy atom. The Bertz CT molecular complexity index is 788. The number of nitrogens with one attached hydrogen (secondary N) is 2. The van der Waals surface area contributed by atoms with E-state index in [2.05, 4.69) is 17.2 Å². The fourth-order valence-corrected chi connectivity index (χ4v) is 3.11. The van der Waals surface area contributed by atoms with Crippen molar-refractivity contribution in [1.82, 2.24) is 9.55 Å². The second-order valence-electron chi connectivity index (χ2n) is 4.73. The van der Waals surface area contributed by atoms with Crippen molar-refractivity contribution in [2.75, 3.05) is 5.32 Å². The second-order valence-corrected chi connectivity index (χ2v) is 6.27. The summed E-state index contributed by atoms with van der Waals surface area (Å²) in [6.45, 7) is 2.09. The summed E-state index contributed by atoms with van der Waals surface area (Å²) in [5, 5.41) is 5.46.